The molecule has 0 radical (unpaired) electrons. The molecule has 0 aliphatic heterocycles. The number of carbonyl (C=O) groups is 2. The molecule has 0 saturated heterocycles. The van der Waals surface area contributed by atoms with Gasteiger partial charge in [0, 0.05) is 4.88 Å². The number of rotatable bonds is 7. The molecule has 0 unspecified atom stereocenters. The molecule has 7 nitrogen and oxygen atoms in total. The number of methoxy groups -OCH3 is 1. The molecule has 0 saturated carbocycles. The van der Waals surface area contributed by atoms with Crippen molar-refractivity contribution in [2.24, 2.45) is 0 Å². The quantitative estimate of drug-likeness (QED) is 0.527. The van der Waals surface area contributed by atoms with Crippen molar-refractivity contribution in [3.05, 3.63) is 39.8 Å². The second kappa shape index (κ2) is 10.1. The van der Waals surface area contributed by atoms with Crippen molar-refractivity contribution in [3.63, 3.8) is 0 Å². The molecule has 1 amide bonds. The van der Waals surface area contributed by atoms with Gasteiger partial charge in [0.05, 0.1) is 24.8 Å². The lowest BCUT2D eigenvalue weighted by atomic mass is 10.1. The first kappa shape index (κ1) is 21.7. The zero-order valence-electron chi connectivity index (χ0n) is 17.1. The van der Waals surface area contributed by atoms with Crippen LogP contribution in [0.15, 0.2) is 18.2 Å². The Morgan fingerprint density at radius 2 is 2.00 bits per heavy atom. The summed E-state index contributed by atoms with van der Waals surface area (Å²) >= 11 is 1.44. The molecule has 0 fully saturated rings. The summed E-state index contributed by atoms with van der Waals surface area (Å²) in [5.41, 5.74) is 1.84. The molecule has 3 rings (SSSR count). The van der Waals surface area contributed by atoms with Crippen LogP contribution in [0.5, 0.6) is 11.5 Å². The predicted octanol–water partition coefficient (Wildman–Crippen LogP) is 4.09. The number of anilines is 1. The van der Waals surface area contributed by atoms with E-state index in [1.54, 1.807) is 12.1 Å². The molecule has 30 heavy (non-hydrogen) atoms. The van der Waals surface area contributed by atoms with Gasteiger partial charge in [0.25, 0.3) is 5.91 Å². The van der Waals surface area contributed by atoms with Gasteiger partial charge < -0.3 is 19.5 Å². The molecular weight excluding hydrogens is 404 g/mol. The summed E-state index contributed by atoms with van der Waals surface area (Å²) < 4.78 is 15.8. The van der Waals surface area contributed by atoms with Gasteiger partial charge >= 0.3 is 5.97 Å². The number of nitrogens with zero attached hydrogens (tertiary/aromatic N) is 1. The first-order valence-electron chi connectivity index (χ1n) is 9.89. The highest BCUT2D eigenvalue weighted by Gasteiger charge is 2.21. The lowest BCUT2D eigenvalue weighted by Crippen LogP contribution is -2.21. The van der Waals surface area contributed by atoms with Crippen LogP contribution in [0.3, 0.4) is 0 Å². The fourth-order valence-corrected chi connectivity index (χ4v) is 4.65. The zero-order valence-corrected chi connectivity index (χ0v) is 17.9. The summed E-state index contributed by atoms with van der Waals surface area (Å²) in [5.74, 6) is -0.187. The topological polar surface area (TPSA) is 97.6 Å². The summed E-state index contributed by atoms with van der Waals surface area (Å²) in [7, 11) is 1.48. The van der Waals surface area contributed by atoms with E-state index < -0.39 is 18.5 Å². The minimum Gasteiger partial charge on any atom is -0.493 e. The van der Waals surface area contributed by atoms with Gasteiger partial charge in [0.1, 0.15) is 11.1 Å². The number of thiophene rings is 1. The number of carbonyl (C=O) groups excluding carboxylic acids is 2. The fraction of sp³-hybridized carbons (Fsp3) is 0.409. The Kier molecular flexibility index (Phi) is 7.31. The first-order valence-corrected chi connectivity index (χ1v) is 10.7. The van der Waals surface area contributed by atoms with Crippen molar-refractivity contribution < 1.29 is 23.8 Å². The Labute approximate surface area is 179 Å². The Balaban J connectivity index is 1.62. The molecule has 8 heteroatoms. The molecule has 1 aliphatic carbocycles. The van der Waals surface area contributed by atoms with Crippen LogP contribution in [0.2, 0.25) is 0 Å². The second-order valence-electron chi connectivity index (χ2n) is 6.80. The van der Waals surface area contributed by atoms with E-state index in [1.165, 1.54) is 24.5 Å². The number of aryl methyl sites for hydroxylation is 1. The lowest BCUT2D eigenvalue weighted by Gasteiger charge is -2.11. The maximum Gasteiger partial charge on any atom is 0.338 e. The molecule has 158 valence electrons. The van der Waals surface area contributed by atoms with E-state index in [0.29, 0.717) is 28.7 Å². The average molecular weight is 429 g/mol. The number of esters is 1. The maximum absolute atomic E-state index is 12.3. The molecule has 2 aromatic rings. The minimum atomic E-state index is -0.644. The van der Waals surface area contributed by atoms with Gasteiger partial charge in [-0.05, 0) is 56.4 Å². The predicted molar refractivity (Wildman–Crippen MR) is 113 cm³/mol. The normalized spacial score (nSPS) is 12.8. The smallest absolute Gasteiger partial charge is 0.338 e. The van der Waals surface area contributed by atoms with Crippen LogP contribution in [0.25, 0.3) is 0 Å². The number of nitriles is 1. The highest BCUT2D eigenvalue weighted by Crippen LogP contribution is 2.37. The third kappa shape index (κ3) is 4.92. The molecule has 1 aliphatic rings. The van der Waals surface area contributed by atoms with Gasteiger partial charge in [-0.1, -0.05) is 6.42 Å². The zero-order chi connectivity index (χ0) is 21.5. The van der Waals surface area contributed by atoms with Crippen LogP contribution in [0.1, 0.15) is 52.5 Å². The van der Waals surface area contributed by atoms with E-state index >= 15 is 0 Å². The number of nitrogens with one attached hydrogen (secondary N) is 1. The van der Waals surface area contributed by atoms with Crippen LogP contribution in [-0.4, -0.2) is 32.2 Å². The van der Waals surface area contributed by atoms with Crippen LogP contribution in [0.4, 0.5) is 5.00 Å². The fourth-order valence-electron chi connectivity index (χ4n) is 3.40. The molecular formula is C22H24N2O5S. The van der Waals surface area contributed by atoms with E-state index in [9.17, 15) is 14.9 Å². The van der Waals surface area contributed by atoms with E-state index in [1.807, 2.05) is 6.92 Å². The van der Waals surface area contributed by atoms with Crippen molar-refractivity contribution in [1.29, 1.82) is 5.26 Å². The maximum atomic E-state index is 12.3. The third-order valence-electron chi connectivity index (χ3n) is 4.82. The lowest BCUT2D eigenvalue weighted by molar-refractivity contribution is -0.119. The van der Waals surface area contributed by atoms with Crippen molar-refractivity contribution in [2.45, 2.75) is 39.0 Å². The SMILES string of the molecule is CCOc1ccc(C(=O)OCC(=O)Nc2sc3c(c2C#N)CCCCC3)cc1OC. The number of hydrogen-bond donors (Lipinski definition) is 1. The van der Waals surface area contributed by atoms with Gasteiger partial charge in [-0.3, -0.25) is 4.79 Å². The average Bonchev–Trinajstić information content (AvgIpc) is 2.91. The van der Waals surface area contributed by atoms with Crippen LogP contribution in [-0.2, 0) is 22.4 Å². The van der Waals surface area contributed by atoms with E-state index in [4.69, 9.17) is 14.2 Å². The molecule has 0 atom stereocenters. The Hall–Kier alpha value is -3.05. The van der Waals surface area contributed by atoms with Gasteiger partial charge in [-0.25, -0.2) is 4.79 Å². The molecule has 0 spiro atoms. The van der Waals surface area contributed by atoms with Crippen molar-refractivity contribution in [2.75, 3.05) is 25.6 Å². The first-order chi connectivity index (χ1) is 14.6. The molecule has 1 heterocycles. The minimum absolute atomic E-state index is 0.253. The Morgan fingerprint density at radius 3 is 2.73 bits per heavy atom. The van der Waals surface area contributed by atoms with Crippen LogP contribution in [0, 0.1) is 11.3 Å². The van der Waals surface area contributed by atoms with E-state index in [2.05, 4.69) is 11.4 Å². The summed E-state index contributed by atoms with van der Waals surface area (Å²) in [5, 5.41) is 12.8. The van der Waals surface area contributed by atoms with E-state index in [0.717, 1.165) is 42.5 Å². The molecule has 1 aromatic heterocycles. The number of benzene rings is 1. The largest absolute Gasteiger partial charge is 0.493 e. The van der Waals surface area contributed by atoms with Crippen LogP contribution < -0.4 is 14.8 Å². The number of ether oxygens (including phenoxy) is 3. The summed E-state index contributed by atoms with van der Waals surface area (Å²) in [4.78, 5) is 25.8. The third-order valence-corrected chi connectivity index (χ3v) is 6.03. The standard InChI is InChI=1S/C22H24N2O5S/c1-3-28-17-10-9-14(11-18(17)27-2)22(26)29-13-20(25)24-21-16(12-23)15-7-5-4-6-8-19(15)30-21/h9-11H,3-8,13H2,1-2H3,(H,24,25). The molecule has 1 aromatic carbocycles. The van der Waals surface area contributed by atoms with Crippen molar-refractivity contribution in [3.8, 4) is 17.6 Å². The van der Waals surface area contributed by atoms with Gasteiger partial charge in [-0.15, -0.1) is 11.3 Å². The van der Waals surface area contributed by atoms with Gasteiger partial charge in [0.15, 0.2) is 18.1 Å². The summed E-state index contributed by atoms with van der Waals surface area (Å²) in [6.45, 7) is 1.88. The van der Waals surface area contributed by atoms with E-state index in [-0.39, 0.29) is 5.56 Å². The summed E-state index contributed by atoms with van der Waals surface area (Å²) in [6.07, 6.45) is 5.09. The Morgan fingerprint density at radius 1 is 1.20 bits per heavy atom. The molecule has 0 bridgehead atoms. The molecule has 1 N–H and O–H groups in total. The van der Waals surface area contributed by atoms with Gasteiger partial charge in [-0.2, -0.15) is 5.26 Å². The van der Waals surface area contributed by atoms with Crippen molar-refractivity contribution in [1.82, 2.24) is 0 Å². The highest BCUT2D eigenvalue weighted by atomic mass is 32.1. The number of hydrogen-bond acceptors (Lipinski definition) is 7. The van der Waals surface area contributed by atoms with Crippen LogP contribution >= 0.6 is 11.3 Å². The number of amides is 1. The summed E-state index contributed by atoms with van der Waals surface area (Å²) in [6, 6.07) is 6.90. The van der Waals surface area contributed by atoms with Gasteiger partial charge in [0.2, 0.25) is 0 Å². The number of fused-ring (bicyclic) bond motifs is 1. The second-order valence-corrected chi connectivity index (χ2v) is 7.91. The monoisotopic (exact) mass is 428 g/mol. The highest BCUT2D eigenvalue weighted by molar-refractivity contribution is 7.16. The Bertz CT molecular complexity index is 977. The van der Waals surface area contributed by atoms with Crippen molar-refractivity contribution >= 4 is 28.2 Å².